The Balaban J connectivity index is 2.29. The second kappa shape index (κ2) is 3.73. The van der Waals surface area contributed by atoms with Crippen LogP contribution in [0.25, 0.3) is 0 Å². The van der Waals surface area contributed by atoms with Crippen LogP contribution in [0, 0.1) is 13.8 Å². The molecule has 0 spiro atoms. The molecule has 1 atom stereocenters. The number of nitrogens with one attached hydrogen (secondary N) is 1. The summed E-state index contributed by atoms with van der Waals surface area (Å²) in [6.45, 7) is 6.59. The molecule has 0 bridgehead atoms. The minimum atomic E-state index is 0.678. The molecule has 1 aromatic rings. The Morgan fingerprint density at radius 1 is 1.43 bits per heavy atom. The van der Waals surface area contributed by atoms with Crippen LogP contribution in [-0.2, 0) is 7.05 Å². The van der Waals surface area contributed by atoms with E-state index < -0.39 is 0 Å². The lowest BCUT2D eigenvalue weighted by molar-refractivity contribution is 0.459. The maximum Gasteiger partial charge on any atom is 0.0631 e. The van der Waals surface area contributed by atoms with E-state index in [0.29, 0.717) is 5.92 Å². The molecule has 0 aliphatic carbocycles. The molecule has 1 aromatic heterocycles. The van der Waals surface area contributed by atoms with Crippen molar-refractivity contribution in [2.24, 2.45) is 7.05 Å². The van der Waals surface area contributed by atoms with Crippen molar-refractivity contribution in [3.8, 4) is 0 Å². The van der Waals surface area contributed by atoms with Crippen molar-refractivity contribution < 1.29 is 0 Å². The highest BCUT2D eigenvalue weighted by Crippen LogP contribution is 2.28. The summed E-state index contributed by atoms with van der Waals surface area (Å²) in [6, 6.07) is 0. The van der Waals surface area contributed by atoms with Crippen LogP contribution in [-0.4, -0.2) is 22.9 Å². The van der Waals surface area contributed by atoms with Crippen molar-refractivity contribution in [2.75, 3.05) is 13.1 Å². The SMILES string of the molecule is Cc1nn(C)c(C)c1C1CCCNC1. The fourth-order valence-electron chi connectivity index (χ4n) is 2.48. The topological polar surface area (TPSA) is 29.9 Å². The summed E-state index contributed by atoms with van der Waals surface area (Å²) in [4.78, 5) is 0. The molecule has 1 aliphatic heterocycles. The maximum atomic E-state index is 4.47. The molecule has 0 saturated carbocycles. The second-order valence-corrected chi connectivity index (χ2v) is 4.25. The van der Waals surface area contributed by atoms with Crippen LogP contribution in [0.5, 0.6) is 0 Å². The molecular formula is C11H19N3. The summed E-state index contributed by atoms with van der Waals surface area (Å²) < 4.78 is 2.00. The van der Waals surface area contributed by atoms with Crippen LogP contribution in [0.15, 0.2) is 0 Å². The first-order valence-corrected chi connectivity index (χ1v) is 5.41. The third-order valence-electron chi connectivity index (χ3n) is 3.27. The van der Waals surface area contributed by atoms with E-state index in [4.69, 9.17) is 0 Å². The molecule has 14 heavy (non-hydrogen) atoms. The molecule has 0 radical (unpaired) electrons. The molecule has 2 rings (SSSR count). The molecule has 3 heteroatoms. The number of aryl methyl sites for hydroxylation is 2. The van der Waals surface area contributed by atoms with Crippen molar-refractivity contribution in [2.45, 2.75) is 32.6 Å². The monoisotopic (exact) mass is 193 g/mol. The predicted octanol–water partition coefficient (Wildman–Crippen LogP) is 1.50. The Morgan fingerprint density at radius 3 is 2.71 bits per heavy atom. The number of rotatable bonds is 1. The lowest BCUT2D eigenvalue weighted by Gasteiger charge is -2.23. The summed E-state index contributed by atoms with van der Waals surface area (Å²) in [5.74, 6) is 0.678. The molecule has 1 saturated heterocycles. The normalized spacial score (nSPS) is 22.6. The summed E-state index contributed by atoms with van der Waals surface area (Å²) in [7, 11) is 2.03. The van der Waals surface area contributed by atoms with Gasteiger partial charge in [-0.1, -0.05) is 0 Å². The van der Waals surface area contributed by atoms with Gasteiger partial charge in [0.15, 0.2) is 0 Å². The maximum absolute atomic E-state index is 4.47. The third kappa shape index (κ3) is 1.57. The van der Waals surface area contributed by atoms with Crippen LogP contribution in [0.1, 0.15) is 35.7 Å². The number of aromatic nitrogens is 2. The van der Waals surface area contributed by atoms with Crippen molar-refractivity contribution in [3.05, 3.63) is 17.0 Å². The largest absolute Gasteiger partial charge is 0.316 e. The van der Waals surface area contributed by atoms with Crippen LogP contribution in [0.4, 0.5) is 0 Å². The Kier molecular flexibility index (Phi) is 2.59. The molecule has 78 valence electrons. The van der Waals surface area contributed by atoms with Crippen LogP contribution in [0.3, 0.4) is 0 Å². The minimum Gasteiger partial charge on any atom is -0.316 e. The molecule has 1 aliphatic rings. The number of hydrogen-bond donors (Lipinski definition) is 1. The summed E-state index contributed by atoms with van der Waals surface area (Å²) in [5, 5.41) is 7.93. The van der Waals surface area contributed by atoms with E-state index in [1.54, 1.807) is 0 Å². The van der Waals surface area contributed by atoms with Gasteiger partial charge in [-0.05, 0) is 33.2 Å². The van der Waals surface area contributed by atoms with Crippen LogP contribution < -0.4 is 5.32 Å². The molecule has 0 amide bonds. The van der Waals surface area contributed by atoms with Gasteiger partial charge >= 0.3 is 0 Å². The van der Waals surface area contributed by atoms with Crippen molar-refractivity contribution in [1.82, 2.24) is 15.1 Å². The smallest absolute Gasteiger partial charge is 0.0631 e. The van der Waals surface area contributed by atoms with Gasteiger partial charge in [0.2, 0.25) is 0 Å². The first kappa shape index (κ1) is 9.71. The summed E-state index contributed by atoms with van der Waals surface area (Å²) in [6.07, 6.45) is 2.60. The number of hydrogen-bond acceptors (Lipinski definition) is 2. The third-order valence-corrected chi connectivity index (χ3v) is 3.27. The quantitative estimate of drug-likeness (QED) is 0.732. The zero-order valence-electron chi connectivity index (χ0n) is 9.30. The van der Waals surface area contributed by atoms with Gasteiger partial charge in [-0.3, -0.25) is 4.68 Å². The predicted molar refractivity (Wildman–Crippen MR) is 57.5 cm³/mol. The molecule has 1 unspecified atom stereocenters. The minimum absolute atomic E-state index is 0.678. The van der Waals surface area contributed by atoms with E-state index in [0.717, 1.165) is 6.54 Å². The van der Waals surface area contributed by atoms with Crippen molar-refractivity contribution in [1.29, 1.82) is 0 Å². The standard InChI is InChI=1S/C11H19N3/c1-8-11(9(2)14(3)13-8)10-5-4-6-12-7-10/h10,12H,4-7H2,1-3H3. The van der Waals surface area contributed by atoms with Gasteiger partial charge in [0.05, 0.1) is 5.69 Å². The molecule has 0 aromatic carbocycles. The summed E-state index contributed by atoms with van der Waals surface area (Å²) in [5.41, 5.74) is 4.01. The van der Waals surface area contributed by atoms with E-state index in [9.17, 15) is 0 Å². The molecule has 1 N–H and O–H groups in total. The molecule has 2 heterocycles. The molecule has 3 nitrogen and oxygen atoms in total. The summed E-state index contributed by atoms with van der Waals surface area (Å²) >= 11 is 0. The average molecular weight is 193 g/mol. The van der Waals surface area contributed by atoms with E-state index in [2.05, 4.69) is 24.3 Å². The highest BCUT2D eigenvalue weighted by atomic mass is 15.3. The highest BCUT2D eigenvalue weighted by Gasteiger charge is 2.21. The Bertz CT molecular complexity index is 322. The molecular weight excluding hydrogens is 174 g/mol. The van der Waals surface area contributed by atoms with E-state index in [1.807, 2.05) is 11.7 Å². The van der Waals surface area contributed by atoms with Gasteiger partial charge in [-0.15, -0.1) is 0 Å². The Hall–Kier alpha value is -0.830. The van der Waals surface area contributed by atoms with Gasteiger partial charge in [0, 0.05) is 30.8 Å². The van der Waals surface area contributed by atoms with Gasteiger partial charge in [0.1, 0.15) is 0 Å². The number of piperidine rings is 1. The zero-order chi connectivity index (χ0) is 10.1. The van der Waals surface area contributed by atoms with Gasteiger partial charge in [0.25, 0.3) is 0 Å². The Labute approximate surface area is 85.5 Å². The lowest BCUT2D eigenvalue weighted by atomic mass is 9.90. The van der Waals surface area contributed by atoms with E-state index in [-0.39, 0.29) is 0 Å². The Morgan fingerprint density at radius 2 is 2.21 bits per heavy atom. The molecule has 1 fully saturated rings. The van der Waals surface area contributed by atoms with Crippen molar-refractivity contribution in [3.63, 3.8) is 0 Å². The van der Waals surface area contributed by atoms with Crippen LogP contribution >= 0.6 is 0 Å². The first-order valence-electron chi connectivity index (χ1n) is 5.41. The second-order valence-electron chi connectivity index (χ2n) is 4.25. The van der Waals surface area contributed by atoms with Gasteiger partial charge in [-0.25, -0.2) is 0 Å². The number of nitrogens with zero attached hydrogens (tertiary/aromatic N) is 2. The van der Waals surface area contributed by atoms with E-state index in [1.165, 1.54) is 36.3 Å². The van der Waals surface area contributed by atoms with E-state index >= 15 is 0 Å². The van der Waals surface area contributed by atoms with Gasteiger partial charge < -0.3 is 5.32 Å². The first-order chi connectivity index (χ1) is 6.70. The zero-order valence-corrected chi connectivity index (χ0v) is 9.30. The lowest BCUT2D eigenvalue weighted by Crippen LogP contribution is -2.28. The van der Waals surface area contributed by atoms with Crippen molar-refractivity contribution >= 4 is 0 Å². The van der Waals surface area contributed by atoms with Gasteiger partial charge in [-0.2, -0.15) is 5.10 Å². The average Bonchev–Trinajstić information content (AvgIpc) is 2.43. The fraction of sp³-hybridized carbons (Fsp3) is 0.727. The highest BCUT2D eigenvalue weighted by molar-refractivity contribution is 5.29. The fourth-order valence-corrected chi connectivity index (χ4v) is 2.48. The van der Waals surface area contributed by atoms with Crippen LogP contribution in [0.2, 0.25) is 0 Å².